The van der Waals surface area contributed by atoms with Crippen molar-refractivity contribution < 1.29 is 9.18 Å². The van der Waals surface area contributed by atoms with Crippen LogP contribution in [-0.4, -0.2) is 11.2 Å². The average Bonchev–Trinajstić information content (AvgIpc) is 2.20. The Morgan fingerprint density at radius 1 is 1.50 bits per heavy atom. The maximum Gasteiger partial charge on any atom is 0.237 e. The molecule has 5 heteroatoms. The highest BCUT2D eigenvalue weighted by molar-refractivity contribution is 9.10. The predicted molar refractivity (Wildman–Crippen MR) is 70.3 cm³/mol. The van der Waals surface area contributed by atoms with Gasteiger partial charge in [-0.05, 0) is 24.1 Å². The summed E-state index contributed by atoms with van der Waals surface area (Å²) in [7, 11) is 0. The van der Waals surface area contributed by atoms with Crippen LogP contribution in [0, 0.1) is 11.7 Å². The number of hydrogen-bond donors (Lipinski definition) is 2. The number of carbonyl (C=O) groups is 1. The summed E-state index contributed by atoms with van der Waals surface area (Å²) >= 11 is 7.31. The summed E-state index contributed by atoms with van der Waals surface area (Å²) in [6.45, 7) is 3.77. The first-order chi connectivity index (χ1) is 7.41. The molecule has 1 aromatic carbocycles. The molecule has 0 heterocycles. The summed E-state index contributed by atoms with van der Waals surface area (Å²) in [4.78, 5) is 11.6. The molecule has 0 bridgehead atoms. The number of hydrogen-bond acceptors (Lipinski definition) is 2. The molecule has 0 saturated heterocycles. The second-order valence-electron chi connectivity index (χ2n) is 3.80. The smallest absolute Gasteiger partial charge is 0.237 e. The molecule has 1 amide bonds. The standard InChI is InChI=1S/C11H13BrFNOS/c1-6(2)10(16)11(15)14-9-4-3-7(12)5-8(9)13/h3-6,10,16H,1-2H3,(H,14,15). The van der Waals surface area contributed by atoms with Gasteiger partial charge in [0.15, 0.2) is 0 Å². The van der Waals surface area contributed by atoms with E-state index >= 15 is 0 Å². The first-order valence-electron chi connectivity index (χ1n) is 4.86. The number of thiol groups is 1. The third-order valence-electron chi connectivity index (χ3n) is 2.09. The van der Waals surface area contributed by atoms with Crippen LogP contribution in [0.1, 0.15) is 13.8 Å². The quantitative estimate of drug-likeness (QED) is 0.823. The van der Waals surface area contributed by atoms with Crippen molar-refractivity contribution in [3.05, 3.63) is 28.5 Å². The molecule has 1 unspecified atom stereocenters. The molecule has 1 atom stereocenters. The predicted octanol–water partition coefficient (Wildman–Crippen LogP) is 3.48. The minimum atomic E-state index is -0.466. The van der Waals surface area contributed by atoms with E-state index in [0.717, 1.165) is 0 Å². The van der Waals surface area contributed by atoms with Crippen LogP contribution < -0.4 is 5.32 Å². The third-order valence-corrected chi connectivity index (χ3v) is 3.41. The number of nitrogens with one attached hydrogen (secondary N) is 1. The maximum absolute atomic E-state index is 13.4. The topological polar surface area (TPSA) is 29.1 Å². The van der Waals surface area contributed by atoms with E-state index in [1.165, 1.54) is 12.1 Å². The zero-order valence-corrected chi connectivity index (χ0v) is 11.5. The van der Waals surface area contributed by atoms with E-state index in [0.29, 0.717) is 4.47 Å². The van der Waals surface area contributed by atoms with Crippen LogP contribution in [0.4, 0.5) is 10.1 Å². The van der Waals surface area contributed by atoms with Gasteiger partial charge in [0.1, 0.15) is 5.82 Å². The lowest BCUT2D eigenvalue weighted by atomic mass is 10.1. The largest absolute Gasteiger partial charge is 0.323 e. The molecule has 0 aliphatic carbocycles. The van der Waals surface area contributed by atoms with Crippen LogP contribution in [0.25, 0.3) is 0 Å². The Labute approximate surface area is 108 Å². The fraction of sp³-hybridized carbons (Fsp3) is 0.364. The van der Waals surface area contributed by atoms with Gasteiger partial charge in [0.2, 0.25) is 5.91 Å². The van der Waals surface area contributed by atoms with E-state index in [1.807, 2.05) is 13.8 Å². The van der Waals surface area contributed by atoms with Crippen molar-refractivity contribution in [2.75, 3.05) is 5.32 Å². The molecule has 0 radical (unpaired) electrons. The van der Waals surface area contributed by atoms with E-state index in [4.69, 9.17) is 0 Å². The molecule has 0 aromatic heterocycles. The summed E-state index contributed by atoms with van der Waals surface area (Å²) < 4.78 is 14.0. The molecule has 2 nitrogen and oxygen atoms in total. The highest BCUT2D eigenvalue weighted by Crippen LogP contribution is 2.20. The zero-order chi connectivity index (χ0) is 12.3. The Morgan fingerprint density at radius 3 is 2.62 bits per heavy atom. The Kier molecular flexibility index (Phi) is 4.80. The zero-order valence-electron chi connectivity index (χ0n) is 9.00. The summed E-state index contributed by atoms with van der Waals surface area (Å²) in [5.74, 6) is -0.659. The van der Waals surface area contributed by atoms with Crippen molar-refractivity contribution >= 4 is 40.2 Å². The molecule has 1 aromatic rings. The molecule has 1 N–H and O–H groups in total. The minimum Gasteiger partial charge on any atom is -0.323 e. The molecule has 1 rings (SSSR count). The number of anilines is 1. The second kappa shape index (κ2) is 5.68. The lowest BCUT2D eigenvalue weighted by Crippen LogP contribution is -2.27. The molecule has 0 saturated carbocycles. The fourth-order valence-electron chi connectivity index (χ4n) is 1.10. The lowest BCUT2D eigenvalue weighted by Gasteiger charge is -2.14. The van der Waals surface area contributed by atoms with Gasteiger partial charge in [-0.15, -0.1) is 0 Å². The van der Waals surface area contributed by atoms with Crippen LogP contribution in [0.3, 0.4) is 0 Å². The van der Waals surface area contributed by atoms with E-state index in [1.54, 1.807) is 6.07 Å². The first-order valence-corrected chi connectivity index (χ1v) is 6.16. The van der Waals surface area contributed by atoms with Crippen molar-refractivity contribution in [1.82, 2.24) is 0 Å². The van der Waals surface area contributed by atoms with E-state index < -0.39 is 11.1 Å². The Bertz CT molecular complexity index is 398. The Morgan fingerprint density at radius 2 is 2.12 bits per heavy atom. The van der Waals surface area contributed by atoms with Gasteiger partial charge in [-0.1, -0.05) is 29.8 Å². The molecule has 0 fully saturated rings. The van der Waals surface area contributed by atoms with Gasteiger partial charge in [-0.25, -0.2) is 4.39 Å². The van der Waals surface area contributed by atoms with Gasteiger partial charge < -0.3 is 5.32 Å². The summed E-state index contributed by atoms with van der Waals surface area (Å²) in [5.41, 5.74) is 0.174. The van der Waals surface area contributed by atoms with Crippen LogP contribution in [0.5, 0.6) is 0 Å². The number of benzene rings is 1. The van der Waals surface area contributed by atoms with Crippen LogP contribution >= 0.6 is 28.6 Å². The van der Waals surface area contributed by atoms with Crippen molar-refractivity contribution in [2.24, 2.45) is 5.92 Å². The van der Waals surface area contributed by atoms with Gasteiger partial charge in [0.05, 0.1) is 10.9 Å². The fourth-order valence-corrected chi connectivity index (χ4v) is 1.50. The number of rotatable bonds is 3. The summed E-state index contributed by atoms with van der Waals surface area (Å²) in [6, 6.07) is 4.48. The van der Waals surface area contributed by atoms with Crippen molar-refractivity contribution in [1.29, 1.82) is 0 Å². The first kappa shape index (κ1) is 13.5. The lowest BCUT2D eigenvalue weighted by molar-refractivity contribution is -0.116. The highest BCUT2D eigenvalue weighted by Gasteiger charge is 2.18. The van der Waals surface area contributed by atoms with Gasteiger partial charge >= 0.3 is 0 Å². The van der Waals surface area contributed by atoms with Crippen LogP contribution in [0.15, 0.2) is 22.7 Å². The number of halogens is 2. The maximum atomic E-state index is 13.4. The van der Waals surface area contributed by atoms with E-state index in [9.17, 15) is 9.18 Å². The molecule has 88 valence electrons. The Balaban J connectivity index is 2.77. The van der Waals surface area contributed by atoms with Crippen molar-refractivity contribution in [3.63, 3.8) is 0 Å². The van der Waals surface area contributed by atoms with Crippen LogP contribution in [0.2, 0.25) is 0 Å². The normalized spacial score (nSPS) is 12.6. The molecular formula is C11H13BrFNOS. The average molecular weight is 306 g/mol. The van der Waals surface area contributed by atoms with Gasteiger partial charge in [0.25, 0.3) is 0 Å². The second-order valence-corrected chi connectivity index (χ2v) is 5.27. The van der Waals surface area contributed by atoms with Gasteiger partial charge in [0, 0.05) is 4.47 Å². The summed E-state index contributed by atoms with van der Waals surface area (Å²) in [5, 5.41) is 2.07. The minimum absolute atomic E-state index is 0.0989. The molecule has 0 aliphatic rings. The number of carbonyl (C=O) groups excluding carboxylic acids is 1. The summed E-state index contributed by atoms with van der Waals surface area (Å²) in [6.07, 6.45) is 0. The molecular weight excluding hydrogens is 293 g/mol. The highest BCUT2D eigenvalue weighted by atomic mass is 79.9. The van der Waals surface area contributed by atoms with Gasteiger partial charge in [-0.2, -0.15) is 12.6 Å². The molecule has 16 heavy (non-hydrogen) atoms. The monoisotopic (exact) mass is 305 g/mol. The molecule has 0 spiro atoms. The van der Waals surface area contributed by atoms with Crippen molar-refractivity contribution in [2.45, 2.75) is 19.1 Å². The van der Waals surface area contributed by atoms with E-state index in [2.05, 4.69) is 33.9 Å². The third kappa shape index (κ3) is 3.49. The van der Waals surface area contributed by atoms with Crippen LogP contribution in [-0.2, 0) is 4.79 Å². The van der Waals surface area contributed by atoms with Crippen molar-refractivity contribution in [3.8, 4) is 0 Å². The SMILES string of the molecule is CC(C)C(S)C(=O)Nc1ccc(Br)cc1F. The molecule has 0 aliphatic heterocycles. The Hall–Kier alpha value is -0.550. The van der Waals surface area contributed by atoms with Gasteiger partial charge in [-0.3, -0.25) is 4.79 Å². The van der Waals surface area contributed by atoms with E-state index in [-0.39, 0.29) is 17.5 Å². The number of amides is 1.